The number of hydrazine groups is 1. The number of amides is 1. The molecule has 2 aromatic rings. The Kier molecular flexibility index (Phi) is 5.23. The van der Waals surface area contributed by atoms with Crippen LogP contribution in [0.3, 0.4) is 0 Å². The van der Waals surface area contributed by atoms with Gasteiger partial charge in [0.25, 0.3) is 0 Å². The van der Waals surface area contributed by atoms with Crippen molar-refractivity contribution in [2.75, 3.05) is 6.61 Å². The highest BCUT2D eigenvalue weighted by Gasteiger charge is 2.29. The van der Waals surface area contributed by atoms with Crippen LogP contribution in [0, 0.1) is 5.92 Å². The molecule has 0 aliphatic heterocycles. The Morgan fingerprint density at radius 1 is 1.04 bits per heavy atom. The average Bonchev–Trinajstić information content (AvgIpc) is 2.93. The predicted octanol–water partition coefficient (Wildman–Crippen LogP) is 3.14. The lowest BCUT2D eigenvalue weighted by Crippen LogP contribution is -2.50. The average molecular weight is 354 g/mol. The molecule has 0 saturated carbocycles. The maximum atomic E-state index is 12.0. The maximum Gasteiger partial charge on any atom is 0.421 e. The molecule has 1 atom stereocenters. The van der Waals surface area contributed by atoms with Crippen molar-refractivity contribution in [3.8, 4) is 11.1 Å². The van der Waals surface area contributed by atoms with Gasteiger partial charge in [-0.25, -0.2) is 10.2 Å². The van der Waals surface area contributed by atoms with Crippen LogP contribution >= 0.6 is 0 Å². The fourth-order valence-corrected chi connectivity index (χ4v) is 3.28. The van der Waals surface area contributed by atoms with Crippen molar-refractivity contribution < 1.29 is 19.4 Å². The second kappa shape index (κ2) is 7.58. The van der Waals surface area contributed by atoms with E-state index in [0.29, 0.717) is 0 Å². The number of benzene rings is 2. The first kappa shape index (κ1) is 17.9. The van der Waals surface area contributed by atoms with Crippen molar-refractivity contribution in [2.45, 2.75) is 25.8 Å². The molecule has 0 fully saturated rings. The van der Waals surface area contributed by atoms with Gasteiger partial charge in [-0.15, -0.1) is 0 Å². The number of ether oxygens (including phenoxy) is 1. The third-order valence-electron chi connectivity index (χ3n) is 4.61. The lowest BCUT2D eigenvalue weighted by atomic mass is 9.98. The summed E-state index contributed by atoms with van der Waals surface area (Å²) in [5.41, 5.74) is 9.39. The molecule has 0 aromatic heterocycles. The minimum Gasteiger partial charge on any atom is -0.480 e. The van der Waals surface area contributed by atoms with Crippen LogP contribution in [0.25, 0.3) is 11.1 Å². The molecule has 26 heavy (non-hydrogen) atoms. The monoisotopic (exact) mass is 354 g/mol. The Hall–Kier alpha value is -2.86. The Balaban J connectivity index is 1.65. The maximum absolute atomic E-state index is 12.0. The number of carboxylic acid groups (broad SMARTS) is 1. The van der Waals surface area contributed by atoms with Crippen molar-refractivity contribution in [2.24, 2.45) is 5.92 Å². The van der Waals surface area contributed by atoms with Crippen LogP contribution in [0.2, 0.25) is 0 Å². The second-order valence-corrected chi connectivity index (χ2v) is 6.65. The van der Waals surface area contributed by atoms with Gasteiger partial charge in [0.15, 0.2) is 0 Å². The zero-order chi connectivity index (χ0) is 18.7. The van der Waals surface area contributed by atoms with Crippen LogP contribution < -0.4 is 10.9 Å². The number of aliphatic carboxylic acids is 1. The second-order valence-electron chi connectivity index (χ2n) is 6.65. The molecule has 0 bridgehead atoms. The molecule has 136 valence electrons. The Labute approximate surface area is 152 Å². The highest BCUT2D eigenvalue weighted by Crippen LogP contribution is 2.44. The van der Waals surface area contributed by atoms with E-state index in [2.05, 4.69) is 23.0 Å². The molecule has 6 nitrogen and oxygen atoms in total. The first-order valence-electron chi connectivity index (χ1n) is 8.58. The summed E-state index contributed by atoms with van der Waals surface area (Å²) >= 11 is 0. The van der Waals surface area contributed by atoms with Gasteiger partial charge in [-0.2, -0.15) is 0 Å². The van der Waals surface area contributed by atoms with Gasteiger partial charge < -0.3 is 9.84 Å². The lowest BCUT2D eigenvalue weighted by Gasteiger charge is -2.19. The summed E-state index contributed by atoms with van der Waals surface area (Å²) in [6.07, 6.45) is -0.696. The molecule has 1 amide bonds. The van der Waals surface area contributed by atoms with Crippen LogP contribution in [0.5, 0.6) is 0 Å². The van der Waals surface area contributed by atoms with Gasteiger partial charge in [-0.1, -0.05) is 62.4 Å². The standard InChI is InChI=1S/C20H22N2O4/c1-12(2)18(19(23)24)21-22-20(25)26-11-17-15-9-5-3-7-13(15)14-8-4-6-10-16(14)17/h3-10,12,17-18,21H,11H2,1-2H3,(H,22,25)(H,23,24)/t18-/m1/s1. The van der Waals surface area contributed by atoms with Crippen molar-refractivity contribution in [1.29, 1.82) is 0 Å². The summed E-state index contributed by atoms with van der Waals surface area (Å²) < 4.78 is 5.34. The third-order valence-corrected chi connectivity index (χ3v) is 4.61. The first-order valence-corrected chi connectivity index (χ1v) is 8.58. The van der Waals surface area contributed by atoms with Crippen molar-refractivity contribution >= 4 is 12.1 Å². The summed E-state index contributed by atoms with van der Waals surface area (Å²) in [7, 11) is 0. The number of fused-ring (bicyclic) bond motifs is 3. The normalized spacial score (nSPS) is 13.8. The highest BCUT2D eigenvalue weighted by atomic mass is 16.6. The molecule has 0 radical (unpaired) electrons. The molecule has 0 heterocycles. The van der Waals surface area contributed by atoms with Gasteiger partial charge in [0, 0.05) is 5.92 Å². The van der Waals surface area contributed by atoms with Crippen LogP contribution in [0.15, 0.2) is 48.5 Å². The lowest BCUT2D eigenvalue weighted by molar-refractivity contribution is -0.140. The van der Waals surface area contributed by atoms with Gasteiger partial charge in [0.2, 0.25) is 0 Å². The van der Waals surface area contributed by atoms with E-state index in [1.807, 2.05) is 36.4 Å². The van der Waals surface area contributed by atoms with Crippen LogP contribution in [-0.2, 0) is 9.53 Å². The van der Waals surface area contributed by atoms with Gasteiger partial charge >= 0.3 is 12.1 Å². The Bertz CT molecular complexity index is 773. The quantitative estimate of drug-likeness (QED) is 0.694. The molecule has 0 saturated heterocycles. The molecule has 2 aromatic carbocycles. The van der Waals surface area contributed by atoms with Gasteiger partial charge in [-0.3, -0.25) is 10.2 Å². The van der Waals surface area contributed by atoms with Crippen LogP contribution in [0.4, 0.5) is 4.79 Å². The summed E-state index contributed by atoms with van der Waals surface area (Å²) in [4.78, 5) is 23.1. The molecule has 3 N–H and O–H groups in total. The number of carboxylic acids is 1. The Morgan fingerprint density at radius 2 is 1.58 bits per heavy atom. The van der Waals surface area contributed by atoms with Gasteiger partial charge in [0.05, 0.1) is 0 Å². The molecular weight excluding hydrogens is 332 g/mol. The molecule has 3 rings (SSSR count). The highest BCUT2D eigenvalue weighted by molar-refractivity contribution is 5.79. The van der Waals surface area contributed by atoms with Crippen molar-refractivity contribution in [3.63, 3.8) is 0 Å². The predicted molar refractivity (Wildman–Crippen MR) is 97.6 cm³/mol. The minimum atomic E-state index is -1.03. The van der Waals surface area contributed by atoms with E-state index in [1.165, 1.54) is 0 Å². The molecule has 0 unspecified atom stereocenters. The minimum absolute atomic E-state index is 0.0338. The number of nitrogens with one attached hydrogen (secondary N) is 2. The van der Waals surface area contributed by atoms with E-state index in [4.69, 9.17) is 9.84 Å². The fraction of sp³-hybridized carbons (Fsp3) is 0.300. The van der Waals surface area contributed by atoms with Crippen molar-refractivity contribution in [3.05, 3.63) is 59.7 Å². The number of carbonyl (C=O) groups excluding carboxylic acids is 1. The zero-order valence-corrected chi connectivity index (χ0v) is 14.7. The van der Waals surface area contributed by atoms with Gasteiger partial charge in [-0.05, 0) is 28.2 Å². The first-order chi connectivity index (χ1) is 12.5. The van der Waals surface area contributed by atoms with E-state index in [-0.39, 0.29) is 18.4 Å². The molecular formula is C20H22N2O4. The number of hydrogen-bond acceptors (Lipinski definition) is 4. The van der Waals surface area contributed by atoms with E-state index in [9.17, 15) is 9.59 Å². The summed E-state index contributed by atoms with van der Waals surface area (Å²) in [6, 6.07) is 15.3. The van der Waals surface area contributed by atoms with Gasteiger partial charge in [0.1, 0.15) is 12.6 Å². The van der Waals surface area contributed by atoms with Crippen LogP contribution in [-0.4, -0.2) is 29.8 Å². The van der Waals surface area contributed by atoms with E-state index in [1.54, 1.807) is 13.8 Å². The Morgan fingerprint density at radius 3 is 2.08 bits per heavy atom. The smallest absolute Gasteiger partial charge is 0.421 e. The zero-order valence-electron chi connectivity index (χ0n) is 14.7. The topological polar surface area (TPSA) is 87.7 Å². The van der Waals surface area contributed by atoms with E-state index >= 15 is 0 Å². The third kappa shape index (κ3) is 3.55. The van der Waals surface area contributed by atoms with E-state index in [0.717, 1.165) is 22.3 Å². The summed E-state index contributed by atoms with van der Waals surface area (Å²) in [5.74, 6) is -1.24. The van der Waals surface area contributed by atoms with Crippen LogP contribution in [0.1, 0.15) is 30.9 Å². The molecule has 1 aliphatic rings. The fourth-order valence-electron chi connectivity index (χ4n) is 3.28. The van der Waals surface area contributed by atoms with E-state index < -0.39 is 18.1 Å². The summed E-state index contributed by atoms with van der Waals surface area (Å²) in [6.45, 7) is 3.69. The summed E-state index contributed by atoms with van der Waals surface area (Å²) in [5, 5.41) is 9.12. The molecule has 0 spiro atoms. The number of rotatable bonds is 6. The number of carbonyl (C=O) groups is 2. The molecule has 6 heteroatoms. The largest absolute Gasteiger partial charge is 0.480 e. The SMILES string of the molecule is CC(C)[C@@H](NNC(=O)OCC1c2ccccc2-c2ccccc21)C(=O)O. The van der Waals surface area contributed by atoms with Crippen molar-refractivity contribution in [1.82, 2.24) is 10.9 Å². The molecule has 1 aliphatic carbocycles. The number of hydrogen-bond donors (Lipinski definition) is 3.